The summed E-state index contributed by atoms with van der Waals surface area (Å²) in [7, 11) is 0. The summed E-state index contributed by atoms with van der Waals surface area (Å²) in [6.45, 7) is 7.21. The highest BCUT2D eigenvalue weighted by molar-refractivity contribution is 6.10. The molecule has 1 N–H and O–H groups in total. The smallest absolute Gasteiger partial charge is 0.325 e. The SMILES string of the molecule is CCOC(=O)CN(CC)C(=O)c1ccn2c(C(=O)c3ccc(CCCNC4CCCC4)cc3)c(CC)cc2c1. The van der Waals surface area contributed by atoms with Crippen LogP contribution in [0.3, 0.4) is 0 Å². The van der Waals surface area contributed by atoms with Gasteiger partial charge in [-0.05, 0) is 81.8 Å². The second-order valence-electron chi connectivity index (χ2n) is 10.3. The number of pyridine rings is 1. The van der Waals surface area contributed by atoms with Crippen molar-refractivity contribution in [3.05, 3.63) is 76.6 Å². The Balaban J connectivity index is 1.46. The van der Waals surface area contributed by atoms with Gasteiger partial charge in [0.1, 0.15) is 6.54 Å². The van der Waals surface area contributed by atoms with E-state index < -0.39 is 5.97 Å². The molecule has 0 saturated heterocycles. The van der Waals surface area contributed by atoms with E-state index in [9.17, 15) is 14.4 Å². The van der Waals surface area contributed by atoms with Gasteiger partial charge in [-0.3, -0.25) is 14.4 Å². The summed E-state index contributed by atoms with van der Waals surface area (Å²) in [6.07, 6.45) is 9.84. The first kappa shape index (κ1) is 28.6. The number of hydrogen-bond donors (Lipinski definition) is 1. The Hall–Kier alpha value is -3.45. The van der Waals surface area contributed by atoms with Crippen LogP contribution >= 0.6 is 0 Å². The number of aryl methyl sites for hydroxylation is 2. The summed E-state index contributed by atoms with van der Waals surface area (Å²) in [5.74, 6) is -0.698. The van der Waals surface area contributed by atoms with Crippen LogP contribution in [0.25, 0.3) is 5.52 Å². The van der Waals surface area contributed by atoms with Crippen LogP contribution in [0.2, 0.25) is 0 Å². The van der Waals surface area contributed by atoms with E-state index in [-0.39, 0.29) is 24.8 Å². The van der Waals surface area contributed by atoms with E-state index in [0.29, 0.717) is 35.8 Å². The Bertz CT molecular complexity index is 1290. The Kier molecular flexibility index (Phi) is 9.93. The van der Waals surface area contributed by atoms with Crippen molar-refractivity contribution in [3.8, 4) is 0 Å². The van der Waals surface area contributed by atoms with Gasteiger partial charge >= 0.3 is 5.97 Å². The summed E-state index contributed by atoms with van der Waals surface area (Å²) in [5, 5.41) is 3.66. The van der Waals surface area contributed by atoms with Gasteiger partial charge in [0, 0.05) is 35.4 Å². The number of fused-ring (bicyclic) bond motifs is 1. The molecule has 0 aliphatic heterocycles. The first-order valence-electron chi connectivity index (χ1n) is 14.4. The zero-order valence-corrected chi connectivity index (χ0v) is 23.5. The van der Waals surface area contributed by atoms with E-state index in [0.717, 1.165) is 30.5 Å². The Morgan fingerprint density at radius 2 is 1.74 bits per heavy atom. The minimum Gasteiger partial charge on any atom is -0.465 e. The van der Waals surface area contributed by atoms with Crippen LogP contribution in [-0.2, 0) is 22.4 Å². The third-order valence-corrected chi connectivity index (χ3v) is 7.64. The van der Waals surface area contributed by atoms with E-state index in [1.165, 1.54) is 36.1 Å². The standard InChI is InChI=1S/C32H41N3O4/c1-4-24-20-28-21-26(32(38)34(5-2)22-29(36)39-6-3)17-19-35(28)30(24)31(37)25-15-13-23(14-16-25)10-9-18-33-27-11-7-8-12-27/h13-17,19-21,27,33H,4-12,18,22H2,1-3H3. The molecule has 39 heavy (non-hydrogen) atoms. The molecule has 1 aromatic carbocycles. The molecule has 1 aliphatic carbocycles. The molecule has 2 aromatic heterocycles. The average Bonchev–Trinajstić information content (AvgIpc) is 3.61. The van der Waals surface area contributed by atoms with Gasteiger partial charge in [0.15, 0.2) is 0 Å². The number of carbonyl (C=O) groups is 3. The molecule has 208 valence electrons. The molecule has 3 aromatic rings. The number of carbonyl (C=O) groups excluding carboxylic acids is 3. The van der Waals surface area contributed by atoms with E-state index >= 15 is 0 Å². The van der Waals surface area contributed by atoms with Crippen LogP contribution < -0.4 is 5.32 Å². The van der Waals surface area contributed by atoms with Gasteiger partial charge in [-0.2, -0.15) is 0 Å². The topological polar surface area (TPSA) is 80.1 Å². The lowest BCUT2D eigenvalue weighted by molar-refractivity contribution is -0.143. The number of esters is 1. The molecule has 4 rings (SSSR count). The molecule has 0 bridgehead atoms. The van der Waals surface area contributed by atoms with Crippen LogP contribution in [0.1, 0.15) is 90.4 Å². The van der Waals surface area contributed by atoms with Crippen molar-refractivity contribution in [2.24, 2.45) is 0 Å². The van der Waals surface area contributed by atoms with Gasteiger partial charge < -0.3 is 19.4 Å². The predicted molar refractivity (Wildman–Crippen MR) is 153 cm³/mol. The lowest BCUT2D eigenvalue weighted by atomic mass is 10.0. The molecular weight excluding hydrogens is 490 g/mol. The molecule has 7 heteroatoms. The number of hydrogen-bond acceptors (Lipinski definition) is 5. The number of aromatic nitrogens is 1. The van der Waals surface area contributed by atoms with Crippen molar-refractivity contribution in [2.75, 3.05) is 26.2 Å². The molecule has 1 fully saturated rings. The van der Waals surface area contributed by atoms with E-state index in [4.69, 9.17) is 4.74 Å². The lowest BCUT2D eigenvalue weighted by Crippen LogP contribution is -2.36. The quantitative estimate of drug-likeness (QED) is 0.186. The Morgan fingerprint density at radius 1 is 1.00 bits per heavy atom. The summed E-state index contributed by atoms with van der Waals surface area (Å²) < 4.78 is 6.87. The van der Waals surface area contributed by atoms with E-state index in [2.05, 4.69) is 17.4 Å². The van der Waals surface area contributed by atoms with Gasteiger partial charge in [0.25, 0.3) is 5.91 Å². The number of ether oxygens (including phenoxy) is 1. The van der Waals surface area contributed by atoms with Crippen molar-refractivity contribution < 1.29 is 19.1 Å². The number of nitrogens with one attached hydrogen (secondary N) is 1. The first-order valence-corrected chi connectivity index (χ1v) is 14.4. The minimum atomic E-state index is -0.427. The molecule has 0 spiro atoms. The van der Waals surface area contributed by atoms with Crippen molar-refractivity contribution in [3.63, 3.8) is 0 Å². The van der Waals surface area contributed by atoms with Crippen LogP contribution in [0.5, 0.6) is 0 Å². The van der Waals surface area contributed by atoms with E-state index in [1.807, 2.05) is 36.4 Å². The highest BCUT2D eigenvalue weighted by Gasteiger charge is 2.22. The number of nitrogens with zero attached hydrogens (tertiary/aromatic N) is 2. The summed E-state index contributed by atoms with van der Waals surface area (Å²) in [4.78, 5) is 40.1. The Morgan fingerprint density at radius 3 is 2.41 bits per heavy atom. The fourth-order valence-corrected chi connectivity index (χ4v) is 5.45. The molecule has 0 atom stereocenters. The molecule has 0 radical (unpaired) electrons. The van der Waals surface area contributed by atoms with Crippen LogP contribution in [0, 0.1) is 0 Å². The summed E-state index contributed by atoms with van der Waals surface area (Å²) in [5.41, 5.74) is 4.70. The second kappa shape index (κ2) is 13.6. The molecule has 0 unspecified atom stereocenters. The maximum atomic E-state index is 13.6. The fourth-order valence-electron chi connectivity index (χ4n) is 5.45. The van der Waals surface area contributed by atoms with Gasteiger partial charge in [-0.1, -0.05) is 44.0 Å². The average molecular weight is 532 g/mol. The van der Waals surface area contributed by atoms with E-state index in [1.54, 1.807) is 25.3 Å². The van der Waals surface area contributed by atoms with Gasteiger partial charge in [-0.25, -0.2) is 0 Å². The number of likely N-dealkylation sites (N-methyl/N-ethyl adjacent to an activating group) is 1. The van der Waals surface area contributed by atoms with Gasteiger partial charge in [-0.15, -0.1) is 0 Å². The third kappa shape index (κ3) is 6.95. The first-order chi connectivity index (χ1) is 18.9. The lowest BCUT2D eigenvalue weighted by Gasteiger charge is -2.20. The summed E-state index contributed by atoms with van der Waals surface area (Å²) in [6, 6.07) is 14.1. The number of benzene rings is 1. The zero-order chi connectivity index (χ0) is 27.8. The van der Waals surface area contributed by atoms with Gasteiger partial charge in [0.05, 0.1) is 12.3 Å². The number of amides is 1. The van der Waals surface area contributed by atoms with Crippen molar-refractivity contribution >= 4 is 23.2 Å². The molecule has 1 saturated carbocycles. The molecule has 7 nitrogen and oxygen atoms in total. The zero-order valence-electron chi connectivity index (χ0n) is 23.5. The largest absolute Gasteiger partial charge is 0.465 e. The molecule has 2 heterocycles. The monoisotopic (exact) mass is 531 g/mol. The highest BCUT2D eigenvalue weighted by atomic mass is 16.5. The molecule has 1 aliphatic rings. The summed E-state index contributed by atoms with van der Waals surface area (Å²) >= 11 is 0. The van der Waals surface area contributed by atoms with Crippen molar-refractivity contribution in [1.29, 1.82) is 0 Å². The number of rotatable bonds is 13. The number of ketones is 1. The van der Waals surface area contributed by atoms with Crippen LogP contribution in [-0.4, -0.2) is 59.2 Å². The Labute approximate surface area is 231 Å². The maximum absolute atomic E-state index is 13.6. The van der Waals surface area contributed by atoms with Crippen LogP contribution in [0.4, 0.5) is 0 Å². The van der Waals surface area contributed by atoms with Crippen molar-refractivity contribution in [2.45, 2.75) is 71.8 Å². The second-order valence-corrected chi connectivity index (χ2v) is 10.3. The van der Waals surface area contributed by atoms with Crippen molar-refractivity contribution in [1.82, 2.24) is 14.6 Å². The van der Waals surface area contributed by atoms with Gasteiger partial charge in [0.2, 0.25) is 5.78 Å². The van der Waals surface area contributed by atoms with Crippen LogP contribution in [0.15, 0.2) is 48.7 Å². The molecular formula is C32H41N3O4. The predicted octanol–water partition coefficient (Wildman–Crippen LogP) is 5.22. The third-order valence-electron chi connectivity index (χ3n) is 7.64. The maximum Gasteiger partial charge on any atom is 0.325 e. The normalized spacial score (nSPS) is 13.6. The fraction of sp³-hybridized carbons (Fsp3) is 0.469. The minimum absolute atomic E-state index is 0.0297. The highest BCUT2D eigenvalue weighted by Crippen LogP contribution is 2.23. The molecule has 1 amide bonds.